The van der Waals surface area contributed by atoms with Crippen LogP contribution >= 0.6 is 11.3 Å². The fourth-order valence-corrected chi connectivity index (χ4v) is 3.20. The van der Waals surface area contributed by atoms with Gasteiger partial charge in [0, 0.05) is 12.4 Å². The van der Waals surface area contributed by atoms with Crippen LogP contribution in [-0.2, 0) is 9.53 Å². The van der Waals surface area contributed by atoms with Crippen molar-refractivity contribution in [3.63, 3.8) is 0 Å². The molecule has 0 unspecified atom stereocenters. The van der Waals surface area contributed by atoms with E-state index in [4.69, 9.17) is 4.74 Å². The van der Waals surface area contributed by atoms with E-state index in [1.54, 1.807) is 0 Å². The Morgan fingerprint density at radius 3 is 2.61 bits per heavy atom. The number of methoxy groups -OCH3 is 1. The molecule has 2 amide bonds. The molecule has 3 aromatic rings. The number of ether oxygens (including phenoxy) is 1. The summed E-state index contributed by atoms with van der Waals surface area (Å²) < 4.78 is 4.77. The van der Waals surface area contributed by atoms with Crippen molar-refractivity contribution in [3.8, 4) is 10.4 Å². The number of amides is 2. The molecule has 0 fully saturated rings. The summed E-state index contributed by atoms with van der Waals surface area (Å²) in [6, 6.07) is 9.16. The van der Waals surface area contributed by atoms with Crippen LogP contribution in [0, 0.1) is 0 Å². The van der Waals surface area contributed by atoms with Crippen LogP contribution in [0.3, 0.4) is 0 Å². The van der Waals surface area contributed by atoms with Crippen molar-refractivity contribution in [1.29, 1.82) is 0 Å². The predicted molar refractivity (Wildman–Crippen MR) is 102 cm³/mol. The first-order chi connectivity index (χ1) is 13.6. The molecule has 0 aliphatic rings. The topological polar surface area (TPSA) is 123 Å². The standard InChI is InChI=1S/C18H15N5O4S/c1-27-17(26)14-15(11-5-3-2-4-6-11)28-18(23-14)22-13(24)10-21-16(25)12-9-19-7-8-20-12/h2-9H,10H2,1H3,(H,21,25)(H,22,23,24). The highest BCUT2D eigenvalue weighted by atomic mass is 32.1. The van der Waals surface area contributed by atoms with E-state index in [0.717, 1.165) is 16.9 Å². The van der Waals surface area contributed by atoms with Crippen LogP contribution in [-0.4, -0.2) is 46.4 Å². The Balaban J connectivity index is 1.70. The van der Waals surface area contributed by atoms with Gasteiger partial charge < -0.3 is 15.4 Å². The lowest BCUT2D eigenvalue weighted by Crippen LogP contribution is -2.33. The summed E-state index contributed by atoms with van der Waals surface area (Å²) in [5.74, 6) is -1.63. The van der Waals surface area contributed by atoms with E-state index in [9.17, 15) is 14.4 Å². The summed E-state index contributed by atoms with van der Waals surface area (Å²) in [5.41, 5.74) is 0.985. The maximum absolute atomic E-state index is 12.1. The number of nitrogens with zero attached hydrogens (tertiary/aromatic N) is 3. The van der Waals surface area contributed by atoms with E-state index in [1.165, 1.54) is 25.7 Å². The number of rotatable bonds is 6. The van der Waals surface area contributed by atoms with Gasteiger partial charge in [0.25, 0.3) is 5.91 Å². The summed E-state index contributed by atoms with van der Waals surface area (Å²) in [7, 11) is 1.26. The van der Waals surface area contributed by atoms with Crippen molar-refractivity contribution in [3.05, 3.63) is 60.3 Å². The lowest BCUT2D eigenvalue weighted by molar-refractivity contribution is -0.115. The molecule has 0 saturated carbocycles. The van der Waals surface area contributed by atoms with Crippen molar-refractivity contribution >= 4 is 34.3 Å². The van der Waals surface area contributed by atoms with Gasteiger partial charge in [-0.15, -0.1) is 0 Å². The number of carbonyl (C=O) groups excluding carboxylic acids is 3. The highest BCUT2D eigenvalue weighted by Crippen LogP contribution is 2.33. The Labute approximate surface area is 163 Å². The first-order valence-electron chi connectivity index (χ1n) is 8.07. The zero-order chi connectivity index (χ0) is 19.9. The smallest absolute Gasteiger partial charge is 0.358 e. The van der Waals surface area contributed by atoms with Crippen molar-refractivity contribution in [1.82, 2.24) is 20.3 Å². The lowest BCUT2D eigenvalue weighted by Gasteiger charge is -2.04. The van der Waals surface area contributed by atoms with Crippen LogP contribution in [0.2, 0.25) is 0 Å². The van der Waals surface area contributed by atoms with Gasteiger partial charge in [-0.05, 0) is 5.56 Å². The number of hydrogen-bond donors (Lipinski definition) is 2. The number of anilines is 1. The van der Waals surface area contributed by atoms with Gasteiger partial charge >= 0.3 is 5.97 Å². The molecular weight excluding hydrogens is 382 g/mol. The van der Waals surface area contributed by atoms with Gasteiger partial charge in [-0.3, -0.25) is 14.6 Å². The van der Waals surface area contributed by atoms with Gasteiger partial charge in [-0.1, -0.05) is 41.7 Å². The molecular formula is C18H15N5O4S. The molecule has 1 aromatic carbocycles. The number of carbonyl (C=O) groups is 3. The van der Waals surface area contributed by atoms with Crippen molar-refractivity contribution < 1.29 is 19.1 Å². The third-order valence-corrected chi connectivity index (χ3v) is 4.51. The molecule has 0 spiro atoms. The van der Waals surface area contributed by atoms with Crippen LogP contribution in [0.15, 0.2) is 48.9 Å². The fourth-order valence-electron chi connectivity index (χ4n) is 2.22. The highest BCUT2D eigenvalue weighted by molar-refractivity contribution is 7.19. The average molecular weight is 397 g/mol. The molecule has 3 rings (SSSR count). The van der Waals surface area contributed by atoms with Gasteiger partial charge in [0.15, 0.2) is 10.8 Å². The summed E-state index contributed by atoms with van der Waals surface area (Å²) in [6.07, 6.45) is 4.11. The minimum absolute atomic E-state index is 0.101. The van der Waals surface area contributed by atoms with Crippen LogP contribution in [0.5, 0.6) is 0 Å². The van der Waals surface area contributed by atoms with Crippen molar-refractivity contribution in [2.75, 3.05) is 19.0 Å². The summed E-state index contributed by atoms with van der Waals surface area (Å²) in [4.78, 5) is 48.4. The first kappa shape index (κ1) is 19.1. The third-order valence-electron chi connectivity index (χ3n) is 3.49. The van der Waals surface area contributed by atoms with E-state index in [-0.39, 0.29) is 23.1 Å². The number of benzene rings is 1. The molecule has 0 aliphatic carbocycles. The van der Waals surface area contributed by atoms with Crippen LogP contribution in [0.4, 0.5) is 5.13 Å². The molecule has 142 valence electrons. The molecule has 0 saturated heterocycles. The zero-order valence-electron chi connectivity index (χ0n) is 14.7. The Hall–Kier alpha value is -3.66. The number of aromatic nitrogens is 3. The SMILES string of the molecule is COC(=O)c1nc(NC(=O)CNC(=O)c2cnccn2)sc1-c1ccccc1. The first-order valence-corrected chi connectivity index (χ1v) is 8.88. The average Bonchev–Trinajstić information content (AvgIpc) is 3.16. The minimum Gasteiger partial charge on any atom is -0.464 e. The molecule has 0 radical (unpaired) electrons. The molecule has 2 N–H and O–H groups in total. The fraction of sp³-hybridized carbons (Fsp3) is 0.111. The van der Waals surface area contributed by atoms with Gasteiger partial charge in [0.05, 0.1) is 24.7 Å². The number of hydrogen-bond acceptors (Lipinski definition) is 8. The monoisotopic (exact) mass is 397 g/mol. The quantitative estimate of drug-likeness (QED) is 0.608. The maximum atomic E-state index is 12.1. The Kier molecular flexibility index (Phi) is 6.02. The van der Waals surface area contributed by atoms with Gasteiger partial charge in [0.1, 0.15) is 5.69 Å². The molecule has 0 bridgehead atoms. The maximum Gasteiger partial charge on any atom is 0.358 e. The van der Waals surface area contributed by atoms with Crippen molar-refractivity contribution in [2.24, 2.45) is 0 Å². The van der Waals surface area contributed by atoms with E-state index >= 15 is 0 Å². The molecule has 10 heteroatoms. The second kappa shape index (κ2) is 8.82. The van der Waals surface area contributed by atoms with Crippen LogP contribution < -0.4 is 10.6 Å². The van der Waals surface area contributed by atoms with Gasteiger partial charge in [-0.25, -0.2) is 14.8 Å². The highest BCUT2D eigenvalue weighted by Gasteiger charge is 2.21. The third kappa shape index (κ3) is 4.54. The van der Waals surface area contributed by atoms with E-state index in [0.29, 0.717) is 4.88 Å². The largest absolute Gasteiger partial charge is 0.464 e. The van der Waals surface area contributed by atoms with Crippen LogP contribution in [0.1, 0.15) is 21.0 Å². The molecule has 0 atom stereocenters. The Morgan fingerprint density at radius 2 is 1.93 bits per heavy atom. The van der Waals surface area contributed by atoms with E-state index in [2.05, 4.69) is 25.6 Å². The predicted octanol–water partition coefficient (Wildman–Crippen LogP) is 1.76. The molecule has 9 nitrogen and oxygen atoms in total. The summed E-state index contributed by atoms with van der Waals surface area (Å²) in [6.45, 7) is -0.288. The zero-order valence-corrected chi connectivity index (χ0v) is 15.5. The Bertz CT molecular complexity index is 992. The second-order valence-electron chi connectivity index (χ2n) is 5.38. The summed E-state index contributed by atoms with van der Waals surface area (Å²) in [5, 5.41) is 5.23. The van der Waals surface area contributed by atoms with Gasteiger partial charge in [-0.2, -0.15) is 0 Å². The number of esters is 1. The molecule has 2 heterocycles. The van der Waals surface area contributed by atoms with E-state index < -0.39 is 17.8 Å². The minimum atomic E-state index is -0.605. The molecule has 2 aromatic heterocycles. The van der Waals surface area contributed by atoms with E-state index in [1.807, 2.05) is 30.3 Å². The van der Waals surface area contributed by atoms with Crippen molar-refractivity contribution in [2.45, 2.75) is 0 Å². The number of nitrogens with one attached hydrogen (secondary N) is 2. The van der Waals surface area contributed by atoms with Gasteiger partial charge in [0.2, 0.25) is 5.91 Å². The number of thiazole rings is 1. The second-order valence-corrected chi connectivity index (χ2v) is 6.37. The summed E-state index contributed by atoms with van der Waals surface area (Å²) >= 11 is 1.14. The molecule has 0 aliphatic heterocycles. The van der Waals surface area contributed by atoms with Crippen LogP contribution in [0.25, 0.3) is 10.4 Å². The Morgan fingerprint density at radius 1 is 1.14 bits per heavy atom. The molecule has 28 heavy (non-hydrogen) atoms. The lowest BCUT2D eigenvalue weighted by atomic mass is 10.1. The normalized spacial score (nSPS) is 10.2.